The molecule has 2 aliphatic heterocycles. The van der Waals surface area contributed by atoms with Gasteiger partial charge in [-0.05, 0) is 22.8 Å². The van der Waals surface area contributed by atoms with Crippen molar-refractivity contribution in [1.82, 2.24) is 15.2 Å². The minimum atomic E-state index is -0.453. The lowest BCUT2D eigenvalue weighted by Crippen LogP contribution is -2.47. The molecule has 148 valence electrons. The zero-order valence-electron chi connectivity index (χ0n) is 16.8. The van der Waals surface area contributed by atoms with Crippen molar-refractivity contribution >= 4 is 28.4 Å². The number of likely N-dealkylation sites (tertiary alicyclic amines) is 1. The van der Waals surface area contributed by atoms with Crippen molar-refractivity contribution in [2.75, 3.05) is 26.0 Å². The number of H-pyrrole nitrogens is 1. The summed E-state index contributed by atoms with van der Waals surface area (Å²) in [6.45, 7) is 0. The van der Waals surface area contributed by atoms with Gasteiger partial charge >= 0.3 is 0 Å². The van der Waals surface area contributed by atoms with Crippen LogP contribution >= 0.6 is 0 Å². The number of carbonyl (C=O) groups is 2. The Morgan fingerprint density at radius 2 is 1.90 bits per heavy atom. The molecular formula is C23H24N4O2. The molecule has 6 heteroatoms. The lowest BCUT2D eigenvalue weighted by atomic mass is 9.72. The number of hydrogen-bond acceptors (Lipinski definition) is 3. The van der Waals surface area contributed by atoms with E-state index in [0.717, 1.165) is 27.7 Å². The second-order valence-electron chi connectivity index (χ2n) is 8.05. The van der Waals surface area contributed by atoms with E-state index >= 15 is 0 Å². The third kappa shape index (κ3) is 2.23. The Kier molecular flexibility index (Phi) is 3.75. The quantitative estimate of drug-likeness (QED) is 0.724. The van der Waals surface area contributed by atoms with Crippen LogP contribution < -0.4 is 10.2 Å². The Balaban J connectivity index is 1.77. The number of fused-ring (bicyclic) bond motifs is 4. The standard InChI is InChI=1S/C23H24N4O2/c1-24-19(28)11-14-13-25-21-15(14)7-6-9-17(21)23-12-20(29)27(3)22(23)26(2)18-10-5-4-8-16(18)23/h4-10,13,22,25H,11-12H2,1-3H3,(H,24,28)/t22-,23-/m0/s1. The Bertz CT molecular complexity index is 1150. The van der Waals surface area contributed by atoms with Gasteiger partial charge in [-0.3, -0.25) is 9.59 Å². The van der Waals surface area contributed by atoms with Crippen LogP contribution in [0.3, 0.4) is 0 Å². The zero-order valence-corrected chi connectivity index (χ0v) is 16.8. The first-order valence-electron chi connectivity index (χ1n) is 9.87. The van der Waals surface area contributed by atoms with E-state index in [4.69, 9.17) is 0 Å². The molecule has 1 fully saturated rings. The van der Waals surface area contributed by atoms with Gasteiger partial charge in [-0.1, -0.05) is 36.4 Å². The van der Waals surface area contributed by atoms with Crippen LogP contribution in [0.15, 0.2) is 48.7 Å². The van der Waals surface area contributed by atoms with Crippen molar-refractivity contribution in [2.45, 2.75) is 24.4 Å². The molecule has 0 unspecified atom stereocenters. The van der Waals surface area contributed by atoms with E-state index in [9.17, 15) is 9.59 Å². The Morgan fingerprint density at radius 3 is 2.69 bits per heavy atom. The SMILES string of the molecule is CNC(=O)Cc1c[nH]c2c([C@@]34CC(=O)N(C)[C@@H]3N(C)c3ccccc34)cccc12. The number of rotatable bonds is 3. The number of nitrogens with one attached hydrogen (secondary N) is 2. The van der Waals surface area contributed by atoms with Crippen LogP contribution in [-0.4, -0.2) is 49.0 Å². The lowest BCUT2D eigenvalue weighted by Gasteiger charge is -2.35. The molecule has 2 atom stereocenters. The van der Waals surface area contributed by atoms with Gasteiger partial charge in [0.1, 0.15) is 6.17 Å². The fourth-order valence-electron chi connectivity index (χ4n) is 5.41. The number of likely N-dealkylation sites (N-methyl/N-ethyl adjacent to an activating group) is 3. The van der Waals surface area contributed by atoms with Gasteiger partial charge in [-0.15, -0.1) is 0 Å². The highest BCUT2D eigenvalue weighted by Crippen LogP contribution is 2.56. The second kappa shape index (κ2) is 6.11. The smallest absolute Gasteiger partial charge is 0.225 e. The second-order valence-corrected chi connectivity index (χ2v) is 8.05. The number of benzene rings is 2. The third-order valence-electron chi connectivity index (χ3n) is 6.67. The molecule has 0 spiro atoms. The molecule has 29 heavy (non-hydrogen) atoms. The maximum atomic E-state index is 12.9. The molecular weight excluding hydrogens is 364 g/mol. The topological polar surface area (TPSA) is 68.4 Å². The number of anilines is 1. The maximum Gasteiger partial charge on any atom is 0.225 e. The molecule has 3 heterocycles. The molecule has 0 saturated carbocycles. The largest absolute Gasteiger partial charge is 0.361 e. The monoisotopic (exact) mass is 388 g/mol. The molecule has 1 aromatic heterocycles. The van der Waals surface area contributed by atoms with E-state index in [0.29, 0.717) is 12.8 Å². The number of para-hydroxylation sites is 2. The molecule has 2 amide bonds. The van der Waals surface area contributed by atoms with Gasteiger partial charge in [0.2, 0.25) is 11.8 Å². The van der Waals surface area contributed by atoms with Crippen molar-refractivity contribution in [2.24, 2.45) is 0 Å². The van der Waals surface area contributed by atoms with Crippen molar-refractivity contribution in [1.29, 1.82) is 0 Å². The van der Waals surface area contributed by atoms with Crippen molar-refractivity contribution in [3.05, 3.63) is 65.4 Å². The summed E-state index contributed by atoms with van der Waals surface area (Å²) < 4.78 is 0. The average Bonchev–Trinajstić information content (AvgIpc) is 3.34. The predicted octanol–water partition coefficient (Wildman–Crippen LogP) is 2.38. The molecule has 6 nitrogen and oxygen atoms in total. The molecule has 1 saturated heterocycles. The van der Waals surface area contributed by atoms with Crippen LogP contribution in [-0.2, 0) is 21.4 Å². The Labute approximate surface area is 169 Å². The minimum Gasteiger partial charge on any atom is -0.361 e. The molecule has 0 bridgehead atoms. The van der Waals surface area contributed by atoms with E-state index in [-0.39, 0.29) is 18.0 Å². The van der Waals surface area contributed by atoms with Crippen LogP contribution in [0.5, 0.6) is 0 Å². The third-order valence-corrected chi connectivity index (χ3v) is 6.67. The molecule has 2 aromatic carbocycles. The van der Waals surface area contributed by atoms with Crippen LogP contribution in [0.1, 0.15) is 23.1 Å². The summed E-state index contributed by atoms with van der Waals surface area (Å²) in [5, 5.41) is 3.73. The van der Waals surface area contributed by atoms with E-state index in [1.807, 2.05) is 42.4 Å². The molecule has 5 rings (SSSR count). The van der Waals surface area contributed by atoms with Crippen molar-refractivity contribution in [3.63, 3.8) is 0 Å². The molecule has 0 radical (unpaired) electrons. The highest BCUT2D eigenvalue weighted by Gasteiger charge is 2.60. The molecule has 3 aromatic rings. The van der Waals surface area contributed by atoms with E-state index in [1.165, 1.54) is 5.56 Å². The van der Waals surface area contributed by atoms with Crippen LogP contribution in [0.4, 0.5) is 5.69 Å². The lowest BCUT2D eigenvalue weighted by molar-refractivity contribution is -0.127. The number of hydrogen-bond donors (Lipinski definition) is 2. The van der Waals surface area contributed by atoms with Crippen LogP contribution in [0.2, 0.25) is 0 Å². The van der Waals surface area contributed by atoms with Gasteiger partial charge in [0.25, 0.3) is 0 Å². The van der Waals surface area contributed by atoms with E-state index < -0.39 is 5.41 Å². The van der Waals surface area contributed by atoms with Crippen molar-refractivity contribution in [3.8, 4) is 0 Å². The molecule has 2 aliphatic rings. The van der Waals surface area contributed by atoms with Gasteiger partial charge in [-0.25, -0.2) is 0 Å². The zero-order chi connectivity index (χ0) is 20.3. The number of aromatic amines is 1. The predicted molar refractivity (Wildman–Crippen MR) is 113 cm³/mol. The molecule has 2 N–H and O–H groups in total. The van der Waals surface area contributed by atoms with E-state index in [2.05, 4.69) is 40.4 Å². The normalized spacial score (nSPS) is 22.9. The summed E-state index contributed by atoms with van der Waals surface area (Å²) in [5.41, 5.74) is 4.96. The number of carbonyl (C=O) groups excluding carboxylic acids is 2. The average molecular weight is 388 g/mol. The fraction of sp³-hybridized carbons (Fsp3) is 0.304. The molecule has 0 aliphatic carbocycles. The first kappa shape index (κ1) is 17.8. The summed E-state index contributed by atoms with van der Waals surface area (Å²) in [6.07, 6.45) is 2.59. The number of aromatic nitrogens is 1. The first-order valence-corrected chi connectivity index (χ1v) is 9.87. The Morgan fingerprint density at radius 1 is 1.14 bits per heavy atom. The van der Waals surface area contributed by atoms with Gasteiger partial charge < -0.3 is 20.1 Å². The summed E-state index contributed by atoms with van der Waals surface area (Å²) in [7, 11) is 5.60. The van der Waals surface area contributed by atoms with Crippen LogP contribution in [0.25, 0.3) is 10.9 Å². The summed E-state index contributed by atoms with van der Waals surface area (Å²) >= 11 is 0. The highest BCUT2D eigenvalue weighted by molar-refractivity contribution is 5.95. The Hall–Kier alpha value is -3.28. The van der Waals surface area contributed by atoms with E-state index in [1.54, 1.807) is 7.05 Å². The summed E-state index contributed by atoms with van der Waals surface area (Å²) in [5.74, 6) is 0.125. The van der Waals surface area contributed by atoms with Crippen LogP contribution in [0, 0.1) is 0 Å². The number of nitrogens with zero attached hydrogens (tertiary/aromatic N) is 2. The van der Waals surface area contributed by atoms with Gasteiger partial charge in [0.15, 0.2) is 0 Å². The van der Waals surface area contributed by atoms with Gasteiger partial charge in [-0.2, -0.15) is 0 Å². The highest BCUT2D eigenvalue weighted by atomic mass is 16.2. The number of amides is 2. The van der Waals surface area contributed by atoms with Gasteiger partial charge in [0, 0.05) is 50.4 Å². The minimum absolute atomic E-state index is 0.0194. The maximum absolute atomic E-state index is 12.9. The fourth-order valence-corrected chi connectivity index (χ4v) is 5.41. The first-order chi connectivity index (χ1) is 14.0. The summed E-state index contributed by atoms with van der Waals surface area (Å²) in [6, 6.07) is 14.6. The summed E-state index contributed by atoms with van der Waals surface area (Å²) in [4.78, 5) is 32.3. The van der Waals surface area contributed by atoms with Crippen molar-refractivity contribution < 1.29 is 9.59 Å². The van der Waals surface area contributed by atoms with Gasteiger partial charge in [0.05, 0.1) is 11.8 Å².